The minimum atomic E-state index is -1.88. The van der Waals surface area contributed by atoms with Crippen LogP contribution in [0.4, 0.5) is 17.1 Å². The molecule has 50 heavy (non-hydrogen) atoms. The fourth-order valence-corrected chi connectivity index (χ4v) is 10.9. The van der Waals surface area contributed by atoms with Gasteiger partial charge in [0.25, 0.3) is 0 Å². The fourth-order valence-electron chi connectivity index (χ4n) is 7.86. The van der Waals surface area contributed by atoms with Gasteiger partial charge in [-0.3, -0.25) is 0 Å². The van der Waals surface area contributed by atoms with Crippen molar-refractivity contribution in [1.82, 2.24) is 0 Å². The molecular weight excluding hydrogens is 619 g/mol. The summed E-state index contributed by atoms with van der Waals surface area (Å²) in [5, 5.41) is 5.69. The van der Waals surface area contributed by atoms with Crippen molar-refractivity contribution in [3.63, 3.8) is 0 Å². The summed E-state index contributed by atoms with van der Waals surface area (Å²) in [5.74, 6) is 0. The van der Waals surface area contributed by atoms with E-state index in [-0.39, 0.29) is 0 Å². The fraction of sp³-hybridized carbons (Fsp3) is 0.0417. The van der Waals surface area contributed by atoms with Crippen LogP contribution in [0.5, 0.6) is 0 Å². The van der Waals surface area contributed by atoms with E-state index in [0.29, 0.717) is 0 Å². The van der Waals surface area contributed by atoms with Crippen LogP contribution in [0.3, 0.4) is 0 Å². The first-order valence-corrected chi connectivity index (χ1v) is 20.4. The second-order valence-electron chi connectivity index (χ2n) is 13.8. The number of para-hydroxylation sites is 1. The van der Waals surface area contributed by atoms with Gasteiger partial charge in [0, 0.05) is 17.1 Å². The number of hydrogen-bond donors (Lipinski definition) is 0. The zero-order valence-electron chi connectivity index (χ0n) is 28.3. The molecule has 0 fully saturated rings. The van der Waals surface area contributed by atoms with Crippen LogP contribution in [0.1, 0.15) is 0 Å². The van der Waals surface area contributed by atoms with Gasteiger partial charge in [-0.1, -0.05) is 159 Å². The average molecular weight is 656 g/mol. The highest BCUT2D eigenvalue weighted by Crippen LogP contribution is 2.42. The topological polar surface area (TPSA) is 3.24 Å². The van der Waals surface area contributed by atoms with E-state index >= 15 is 0 Å². The van der Waals surface area contributed by atoms with Gasteiger partial charge in [-0.05, 0) is 108 Å². The van der Waals surface area contributed by atoms with Crippen molar-refractivity contribution in [2.75, 3.05) is 4.90 Å². The molecule has 0 aliphatic carbocycles. The van der Waals surface area contributed by atoms with E-state index in [4.69, 9.17) is 0 Å². The van der Waals surface area contributed by atoms with Gasteiger partial charge in [-0.2, -0.15) is 0 Å². The first-order chi connectivity index (χ1) is 24.5. The number of nitrogens with zero attached hydrogens (tertiary/aromatic N) is 1. The third-order valence-electron chi connectivity index (χ3n) is 10.4. The van der Waals surface area contributed by atoms with Crippen LogP contribution in [0.15, 0.2) is 188 Å². The Labute approximate surface area is 295 Å². The van der Waals surface area contributed by atoms with Gasteiger partial charge in [0.15, 0.2) is 0 Å². The minimum absolute atomic E-state index is 1.13. The van der Waals surface area contributed by atoms with Crippen LogP contribution >= 0.6 is 0 Å². The summed E-state index contributed by atoms with van der Waals surface area (Å²) in [6.45, 7) is 5.01. The number of anilines is 3. The van der Waals surface area contributed by atoms with Crippen molar-refractivity contribution in [3.8, 4) is 44.5 Å². The summed E-state index contributed by atoms with van der Waals surface area (Å²) in [4.78, 5) is 2.38. The van der Waals surface area contributed by atoms with E-state index in [1.54, 1.807) is 0 Å². The Morgan fingerprint density at radius 1 is 0.340 bits per heavy atom. The van der Waals surface area contributed by atoms with E-state index in [9.17, 15) is 0 Å². The second kappa shape index (κ2) is 12.2. The predicted molar refractivity (Wildman–Crippen MR) is 217 cm³/mol. The Morgan fingerprint density at radius 2 is 0.840 bits per heavy atom. The highest BCUT2D eigenvalue weighted by Gasteiger charge is 2.39. The molecule has 0 amide bonds. The molecule has 238 valence electrons. The molecule has 8 aromatic rings. The first-order valence-electron chi connectivity index (χ1n) is 17.4. The van der Waals surface area contributed by atoms with Gasteiger partial charge in [0.1, 0.15) is 8.07 Å². The quantitative estimate of drug-likeness (QED) is 0.161. The molecule has 8 aromatic carbocycles. The first kappa shape index (κ1) is 30.1. The van der Waals surface area contributed by atoms with Crippen molar-refractivity contribution in [2.45, 2.75) is 13.1 Å². The molecule has 0 bridgehead atoms. The highest BCUT2D eigenvalue weighted by atomic mass is 28.3. The molecular formula is C48H37NSi. The van der Waals surface area contributed by atoms with Crippen LogP contribution in [0, 0.1) is 0 Å². The molecule has 0 radical (unpaired) electrons. The number of rotatable bonds is 6. The van der Waals surface area contributed by atoms with Crippen LogP contribution in [0.2, 0.25) is 13.1 Å². The zero-order chi connectivity index (χ0) is 33.7. The third-order valence-corrected chi connectivity index (χ3v) is 13.9. The van der Waals surface area contributed by atoms with Crippen LogP contribution in [0.25, 0.3) is 55.3 Å². The Bertz CT molecular complexity index is 2500. The van der Waals surface area contributed by atoms with Crippen molar-refractivity contribution in [2.24, 2.45) is 0 Å². The molecule has 0 saturated carbocycles. The lowest BCUT2D eigenvalue weighted by molar-refractivity contribution is 1.28. The Kier molecular flexibility index (Phi) is 7.33. The summed E-state index contributed by atoms with van der Waals surface area (Å²) >= 11 is 0. The van der Waals surface area contributed by atoms with E-state index in [0.717, 1.165) is 17.1 Å². The van der Waals surface area contributed by atoms with Crippen LogP contribution < -0.4 is 15.3 Å². The van der Waals surface area contributed by atoms with E-state index < -0.39 is 8.07 Å². The summed E-state index contributed by atoms with van der Waals surface area (Å²) in [6, 6.07) is 68.9. The predicted octanol–water partition coefficient (Wildman–Crippen LogP) is 12.1. The Balaban J connectivity index is 1.15. The van der Waals surface area contributed by atoms with Crippen molar-refractivity contribution >= 4 is 46.3 Å². The molecule has 1 aliphatic rings. The summed E-state index contributed by atoms with van der Waals surface area (Å²) < 4.78 is 0. The summed E-state index contributed by atoms with van der Waals surface area (Å²) in [5.41, 5.74) is 13.6. The third kappa shape index (κ3) is 5.17. The number of benzene rings is 8. The average Bonchev–Trinajstić information content (AvgIpc) is 3.40. The smallest absolute Gasteiger partial charge is 0.113 e. The standard InChI is InChI=1S/C48H37NSi/c1-50(2)46-25-13-24-44(48(46)45-32-38-16-9-10-17-39(38)33-47(45)50)40-19-12-23-43(31-40)49(41-20-7-4-8-21-41)42-22-11-18-37(30-42)36-28-26-35(27-29-36)34-14-5-3-6-15-34/h3-33H,1-2H3. The lowest BCUT2D eigenvalue weighted by atomic mass is 9.93. The number of hydrogen-bond acceptors (Lipinski definition) is 1. The summed E-state index contributed by atoms with van der Waals surface area (Å²) in [7, 11) is -1.88. The lowest BCUT2D eigenvalue weighted by Gasteiger charge is -2.26. The Hall–Kier alpha value is -5.96. The van der Waals surface area contributed by atoms with Gasteiger partial charge in [-0.15, -0.1) is 0 Å². The molecule has 0 unspecified atom stereocenters. The highest BCUT2D eigenvalue weighted by molar-refractivity contribution is 7.04. The van der Waals surface area contributed by atoms with Gasteiger partial charge in [0.05, 0.1) is 0 Å². The molecule has 0 saturated heterocycles. The Morgan fingerprint density at radius 3 is 1.54 bits per heavy atom. The molecule has 0 spiro atoms. The van der Waals surface area contributed by atoms with Crippen LogP contribution in [-0.2, 0) is 0 Å². The monoisotopic (exact) mass is 655 g/mol. The number of fused-ring (bicyclic) bond motifs is 4. The van der Waals surface area contributed by atoms with Gasteiger partial charge in [0.2, 0.25) is 0 Å². The molecule has 0 N–H and O–H groups in total. The largest absolute Gasteiger partial charge is 0.310 e. The molecule has 2 heteroatoms. The molecule has 9 rings (SSSR count). The minimum Gasteiger partial charge on any atom is -0.310 e. The van der Waals surface area contributed by atoms with Gasteiger partial charge in [-0.25, -0.2) is 0 Å². The van der Waals surface area contributed by atoms with Gasteiger partial charge < -0.3 is 4.90 Å². The maximum atomic E-state index is 2.51. The second-order valence-corrected chi connectivity index (χ2v) is 18.1. The summed E-state index contributed by atoms with van der Waals surface area (Å²) in [6.07, 6.45) is 0. The SMILES string of the molecule is C[Si]1(C)c2cc3ccccc3cc2-c2c(-c3cccc(N(c4ccccc4)c4cccc(-c5ccc(-c6ccccc6)cc5)c4)c3)cccc21. The molecule has 1 heterocycles. The van der Waals surface area contributed by atoms with E-state index in [1.807, 2.05) is 0 Å². The van der Waals surface area contributed by atoms with E-state index in [2.05, 4.69) is 206 Å². The van der Waals surface area contributed by atoms with Crippen molar-refractivity contribution in [1.29, 1.82) is 0 Å². The van der Waals surface area contributed by atoms with Crippen LogP contribution in [-0.4, -0.2) is 8.07 Å². The maximum absolute atomic E-state index is 2.51. The van der Waals surface area contributed by atoms with E-state index in [1.165, 1.54) is 65.7 Å². The molecule has 0 aromatic heterocycles. The molecule has 0 atom stereocenters. The molecule has 1 aliphatic heterocycles. The van der Waals surface area contributed by atoms with Crippen molar-refractivity contribution in [3.05, 3.63) is 188 Å². The molecule has 1 nitrogen and oxygen atoms in total. The lowest BCUT2D eigenvalue weighted by Crippen LogP contribution is -2.49. The maximum Gasteiger partial charge on any atom is 0.113 e. The zero-order valence-corrected chi connectivity index (χ0v) is 29.3. The van der Waals surface area contributed by atoms with Crippen molar-refractivity contribution < 1.29 is 0 Å². The normalized spacial score (nSPS) is 12.8. The van der Waals surface area contributed by atoms with Gasteiger partial charge >= 0.3 is 0 Å².